The molecule has 16 nitrogen and oxygen atoms in total. The minimum Gasteiger partial charge on any atom is -0.397 e. The van der Waals surface area contributed by atoms with Gasteiger partial charge in [0.25, 0.3) is 0 Å². The Bertz CT molecular complexity index is 2420. The Morgan fingerprint density at radius 2 is 1.06 bits per heavy atom. The number of nitrogens with two attached hydrogens (primary N) is 4. The van der Waals surface area contributed by atoms with E-state index in [9.17, 15) is 9.59 Å². The minimum absolute atomic E-state index is 0.188. The van der Waals surface area contributed by atoms with Crippen LogP contribution in [-0.2, 0) is 9.59 Å². The van der Waals surface area contributed by atoms with Gasteiger partial charge in [-0.1, -0.05) is 0 Å². The molecule has 4 atom stereocenters. The van der Waals surface area contributed by atoms with Crippen molar-refractivity contribution in [2.24, 2.45) is 23.7 Å². The molecule has 0 radical (unpaired) electrons. The molecule has 54 heavy (non-hydrogen) atoms. The number of nitrogen functional groups attached to an aromatic ring is 4. The van der Waals surface area contributed by atoms with Crippen LogP contribution in [0.1, 0.15) is 24.0 Å². The zero-order chi connectivity index (χ0) is 38.3. The molecule has 2 amide bonds. The Morgan fingerprint density at radius 3 is 1.43 bits per heavy atom. The molecular weight excluding hydrogens is 685 g/mol. The average Bonchev–Trinajstić information content (AvgIpc) is 4.09. The highest BCUT2D eigenvalue weighted by Gasteiger charge is 2.44. The molecule has 6 heterocycles. The number of fused-ring (bicyclic) bond motifs is 2. The third-order valence-corrected chi connectivity index (χ3v) is 9.64. The normalized spacial score (nSPS) is 18.1. The number of nitriles is 2. The zero-order valence-electron chi connectivity index (χ0n) is 29.2. The lowest BCUT2D eigenvalue weighted by atomic mass is 10.0. The molecule has 6 aromatic rings. The van der Waals surface area contributed by atoms with Gasteiger partial charge in [-0.3, -0.25) is 19.6 Å². The van der Waals surface area contributed by atoms with Crippen molar-refractivity contribution >= 4 is 68.0 Å². The van der Waals surface area contributed by atoms with Gasteiger partial charge in [-0.05, 0) is 72.9 Å². The summed E-state index contributed by atoms with van der Waals surface area (Å²) in [7, 11) is 0. The maximum atomic E-state index is 12.2. The van der Waals surface area contributed by atoms with Gasteiger partial charge in [0.05, 0.1) is 71.0 Å². The molecule has 16 heteroatoms. The third kappa shape index (κ3) is 6.91. The number of carbonyl (C=O) groups is 2. The van der Waals surface area contributed by atoms with E-state index in [4.69, 9.17) is 33.5 Å². The maximum absolute atomic E-state index is 12.2. The van der Waals surface area contributed by atoms with Gasteiger partial charge in [0.2, 0.25) is 11.8 Å². The molecule has 8 rings (SSSR count). The maximum Gasteiger partial charge on any atom is 0.230 e. The van der Waals surface area contributed by atoms with Gasteiger partial charge in [0, 0.05) is 46.7 Å². The second-order valence-corrected chi connectivity index (χ2v) is 13.3. The van der Waals surface area contributed by atoms with E-state index in [-0.39, 0.29) is 35.5 Å². The first-order valence-corrected chi connectivity index (χ1v) is 16.9. The number of nitrogens with zero attached hydrogens (tertiary/aromatic N) is 8. The second kappa shape index (κ2) is 13.9. The lowest BCUT2D eigenvalue weighted by molar-refractivity contribution is -0.118. The van der Waals surface area contributed by atoms with Crippen molar-refractivity contribution < 1.29 is 9.59 Å². The van der Waals surface area contributed by atoms with Crippen LogP contribution in [0.5, 0.6) is 0 Å². The van der Waals surface area contributed by atoms with E-state index >= 15 is 0 Å². The van der Waals surface area contributed by atoms with Crippen molar-refractivity contribution in [2.75, 3.05) is 33.6 Å². The molecule has 2 aliphatic rings. The Balaban J connectivity index is 0.000000167. The van der Waals surface area contributed by atoms with Crippen molar-refractivity contribution in [1.29, 1.82) is 10.5 Å². The number of anilines is 6. The minimum atomic E-state index is -0.258. The van der Waals surface area contributed by atoms with Crippen molar-refractivity contribution in [1.82, 2.24) is 29.9 Å². The van der Waals surface area contributed by atoms with E-state index in [1.807, 2.05) is 26.0 Å². The first-order valence-electron chi connectivity index (χ1n) is 16.9. The average molecular weight is 719 g/mol. The molecule has 2 fully saturated rings. The van der Waals surface area contributed by atoms with Crippen LogP contribution in [0.4, 0.5) is 34.6 Å². The summed E-state index contributed by atoms with van der Waals surface area (Å²) in [6, 6.07) is 11.4. The molecule has 0 bridgehead atoms. The first-order chi connectivity index (χ1) is 25.9. The summed E-state index contributed by atoms with van der Waals surface area (Å²) >= 11 is 0. The summed E-state index contributed by atoms with van der Waals surface area (Å²) in [5, 5.41) is 26.2. The molecule has 0 aliphatic heterocycles. The summed E-state index contributed by atoms with van der Waals surface area (Å²) in [6.07, 6.45) is 10.9. The largest absolute Gasteiger partial charge is 0.397 e. The van der Waals surface area contributed by atoms with E-state index in [2.05, 4.69) is 52.7 Å². The molecule has 6 aromatic heterocycles. The molecule has 2 saturated carbocycles. The standard InChI is InChI=1S/2C19H17N7O/c2*1-9-13(6-23-8-15(9)21)16-3-10-4-17(24-7-14(10)18(22)25-16)26-19(27)12-2-11(12)5-20/h2*3-4,6-8,11-12H,2,21H2,1H3,(H2,22,25)(H,24,26,27)/t11-,12?;11-,12+/m10/s1. The molecule has 0 spiro atoms. The lowest BCUT2D eigenvalue weighted by Gasteiger charge is -2.11. The van der Waals surface area contributed by atoms with Crippen molar-refractivity contribution in [3.05, 3.63) is 72.6 Å². The van der Waals surface area contributed by atoms with E-state index in [1.54, 1.807) is 49.3 Å². The molecule has 0 aromatic carbocycles. The van der Waals surface area contributed by atoms with E-state index < -0.39 is 0 Å². The number of nitrogens with one attached hydrogen (secondary N) is 2. The van der Waals surface area contributed by atoms with Crippen LogP contribution in [0.3, 0.4) is 0 Å². The molecule has 0 saturated heterocycles. The van der Waals surface area contributed by atoms with Crippen LogP contribution < -0.4 is 33.6 Å². The Kier molecular flexibility index (Phi) is 9.02. The summed E-state index contributed by atoms with van der Waals surface area (Å²) in [6.45, 7) is 3.79. The second-order valence-electron chi connectivity index (χ2n) is 13.3. The summed E-state index contributed by atoms with van der Waals surface area (Å²) in [5.41, 5.74) is 29.9. The highest BCUT2D eigenvalue weighted by atomic mass is 16.2. The van der Waals surface area contributed by atoms with Crippen LogP contribution in [0.15, 0.2) is 61.4 Å². The van der Waals surface area contributed by atoms with Gasteiger partial charge in [0.15, 0.2) is 0 Å². The first kappa shape index (κ1) is 35.0. The number of aromatic nitrogens is 6. The molecule has 10 N–H and O–H groups in total. The lowest BCUT2D eigenvalue weighted by Crippen LogP contribution is -2.15. The zero-order valence-corrected chi connectivity index (χ0v) is 29.2. The van der Waals surface area contributed by atoms with Crippen LogP contribution in [0.2, 0.25) is 0 Å². The van der Waals surface area contributed by atoms with Gasteiger partial charge in [-0.15, -0.1) is 0 Å². The Labute approximate surface area is 308 Å². The fraction of sp³-hybridized carbons (Fsp3) is 0.211. The van der Waals surface area contributed by atoms with Crippen LogP contribution in [0.25, 0.3) is 44.1 Å². The Morgan fingerprint density at radius 1 is 0.648 bits per heavy atom. The van der Waals surface area contributed by atoms with Gasteiger partial charge in [-0.25, -0.2) is 19.9 Å². The molecule has 268 valence electrons. The number of pyridine rings is 6. The molecule has 1 unspecified atom stereocenters. The number of hydrogen-bond acceptors (Lipinski definition) is 14. The smallest absolute Gasteiger partial charge is 0.230 e. The molecular formula is C38H34N14O2. The SMILES string of the molecule is Cc1c(N)cncc1-c1cc2cc(NC(=O)C3C[C@@H]3C#N)ncc2c(N)n1.Cc1c(N)cncc1-c1cc2cc(NC(=O)[C@@H]3C[C@H]3C#N)ncc2c(N)n1. The van der Waals surface area contributed by atoms with Crippen LogP contribution in [0, 0.1) is 60.2 Å². The number of amides is 2. The summed E-state index contributed by atoms with van der Waals surface area (Å²) < 4.78 is 0. The Hall–Kier alpha value is -7.46. The highest BCUT2D eigenvalue weighted by Crippen LogP contribution is 2.40. The van der Waals surface area contributed by atoms with Gasteiger partial charge >= 0.3 is 0 Å². The predicted molar refractivity (Wildman–Crippen MR) is 204 cm³/mol. The van der Waals surface area contributed by atoms with Crippen LogP contribution >= 0.6 is 0 Å². The van der Waals surface area contributed by atoms with Crippen molar-refractivity contribution in [3.63, 3.8) is 0 Å². The summed E-state index contributed by atoms with van der Waals surface area (Å²) in [4.78, 5) is 49.9. The van der Waals surface area contributed by atoms with E-state index in [0.717, 1.165) is 33.0 Å². The number of hydrogen-bond donors (Lipinski definition) is 6. The van der Waals surface area contributed by atoms with Gasteiger partial charge in [0.1, 0.15) is 23.3 Å². The number of rotatable bonds is 6. The number of carbonyl (C=O) groups excluding carboxylic acids is 2. The highest BCUT2D eigenvalue weighted by molar-refractivity contribution is 6.00. The molecule has 2 aliphatic carbocycles. The topological polar surface area (TPSA) is 287 Å². The quantitative estimate of drug-likeness (QED) is 0.138. The third-order valence-electron chi connectivity index (χ3n) is 9.64. The van der Waals surface area contributed by atoms with Gasteiger partial charge in [-0.2, -0.15) is 10.5 Å². The monoisotopic (exact) mass is 718 g/mol. The van der Waals surface area contributed by atoms with Crippen molar-refractivity contribution in [3.8, 4) is 34.7 Å². The van der Waals surface area contributed by atoms with E-state index in [0.29, 0.717) is 69.6 Å². The fourth-order valence-corrected chi connectivity index (χ4v) is 6.05. The van der Waals surface area contributed by atoms with Crippen LogP contribution in [-0.4, -0.2) is 41.7 Å². The van der Waals surface area contributed by atoms with Gasteiger partial charge < -0.3 is 33.6 Å². The fourth-order valence-electron chi connectivity index (χ4n) is 6.05. The predicted octanol–water partition coefficient (Wildman–Crippen LogP) is 4.53. The van der Waals surface area contributed by atoms with Crippen molar-refractivity contribution in [2.45, 2.75) is 26.7 Å². The van der Waals surface area contributed by atoms with E-state index in [1.165, 1.54) is 0 Å². The summed E-state index contributed by atoms with van der Waals surface area (Å²) in [5.74, 6) is 0.205.